The van der Waals surface area contributed by atoms with Crippen LogP contribution in [0.3, 0.4) is 0 Å². The molecule has 0 aromatic heterocycles. The molecule has 30 heavy (non-hydrogen) atoms. The molecule has 0 aliphatic heterocycles. The molecule has 0 saturated carbocycles. The summed E-state index contributed by atoms with van der Waals surface area (Å²) < 4.78 is 37.9. The van der Waals surface area contributed by atoms with E-state index in [1.165, 1.54) is 95.4 Å². The van der Waals surface area contributed by atoms with E-state index in [2.05, 4.69) is 13.0 Å². The fraction of sp³-hybridized carbons (Fsp3) is 0.600. The predicted octanol–water partition coefficient (Wildman–Crippen LogP) is 7.34. The zero-order valence-electron chi connectivity index (χ0n) is 18.7. The van der Waals surface area contributed by atoms with Gasteiger partial charge in [0.1, 0.15) is 5.75 Å². The predicted molar refractivity (Wildman–Crippen MR) is 125 cm³/mol. The Hall–Kier alpha value is -1.59. The third-order valence-electron chi connectivity index (χ3n) is 5.82. The molecule has 0 bridgehead atoms. The van der Waals surface area contributed by atoms with Gasteiger partial charge in [-0.25, -0.2) is 0 Å². The van der Waals surface area contributed by atoms with E-state index >= 15 is 0 Å². The van der Waals surface area contributed by atoms with E-state index in [0.717, 1.165) is 23.6 Å². The molecule has 4 nitrogen and oxygen atoms in total. The monoisotopic (exact) mass is 434 g/mol. The van der Waals surface area contributed by atoms with E-state index in [1.807, 2.05) is 12.1 Å². The molecular weight excluding hydrogens is 396 g/mol. The van der Waals surface area contributed by atoms with Gasteiger partial charge in [0.2, 0.25) is 0 Å². The van der Waals surface area contributed by atoms with Crippen molar-refractivity contribution in [3.8, 4) is 5.75 Å². The molecule has 0 heterocycles. The van der Waals surface area contributed by atoms with Crippen LogP contribution in [0.4, 0.5) is 0 Å². The maximum atomic E-state index is 11.5. The summed E-state index contributed by atoms with van der Waals surface area (Å²) >= 11 is 0. The third kappa shape index (κ3) is 7.92. The molecule has 0 radical (unpaired) electrons. The maximum absolute atomic E-state index is 11.5. The fourth-order valence-electron chi connectivity index (χ4n) is 4.11. The first-order valence-corrected chi connectivity index (χ1v) is 13.0. The Balaban J connectivity index is 1.79. The first-order chi connectivity index (χ1) is 14.5. The molecule has 5 heteroatoms. The molecule has 0 aliphatic rings. The van der Waals surface area contributed by atoms with Crippen LogP contribution >= 0.6 is 0 Å². The topological polar surface area (TPSA) is 63.6 Å². The third-order valence-corrected chi connectivity index (χ3v) is 6.65. The molecule has 0 aliphatic carbocycles. The molecule has 2 rings (SSSR count). The van der Waals surface area contributed by atoms with E-state index in [9.17, 15) is 13.0 Å². The summed E-state index contributed by atoms with van der Waals surface area (Å²) in [6, 6.07) is 8.79. The lowest BCUT2D eigenvalue weighted by Crippen LogP contribution is -2.00. The van der Waals surface area contributed by atoms with Crippen molar-refractivity contribution >= 4 is 20.9 Å². The van der Waals surface area contributed by atoms with Crippen molar-refractivity contribution in [2.75, 3.05) is 7.11 Å². The lowest BCUT2D eigenvalue weighted by atomic mass is 9.98. The number of hydrogen-bond acceptors (Lipinski definition) is 3. The van der Waals surface area contributed by atoms with E-state index in [4.69, 9.17) is 4.74 Å². The number of benzene rings is 2. The minimum absolute atomic E-state index is 0.130. The Labute approximate surface area is 182 Å². The van der Waals surface area contributed by atoms with Crippen molar-refractivity contribution < 1.29 is 17.7 Å². The number of hydrogen-bond donors (Lipinski definition) is 1. The second-order valence-corrected chi connectivity index (χ2v) is 9.68. The summed E-state index contributed by atoms with van der Waals surface area (Å²) in [6.07, 6.45) is 16.8. The summed E-state index contributed by atoms with van der Waals surface area (Å²) in [5.74, 6) is 0.495. The van der Waals surface area contributed by atoms with Crippen molar-refractivity contribution in [3.05, 3.63) is 35.9 Å². The Morgan fingerprint density at radius 2 is 1.40 bits per heavy atom. The van der Waals surface area contributed by atoms with Crippen LogP contribution in [-0.2, 0) is 16.5 Å². The number of ether oxygens (including phenoxy) is 1. The number of methoxy groups -OCH3 is 1. The van der Waals surface area contributed by atoms with Crippen LogP contribution < -0.4 is 4.74 Å². The summed E-state index contributed by atoms with van der Waals surface area (Å²) in [6.45, 7) is 2.26. The maximum Gasteiger partial charge on any atom is 0.294 e. The largest absolute Gasteiger partial charge is 0.496 e. The van der Waals surface area contributed by atoms with Gasteiger partial charge in [0, 0.05) is 11.5 Å². The van der Waals surface area contributed by atoms with Gasteiger partial charge in [0.15, 0.2) is 0 Å². The Bertz CT molecular complexity index is 874. The average molecular weight is 435 g/mol. The van der Waals surface area contributed by atoms with Crippen molar-refractivity contribution in [1.82, 2.24) is 0 Å². The van der Waals surface area contributed by atoms with Crippen LogP contribution in [0.25, 0.3) is 10.8 Å². The number of rotatable bonds is 15. The SMILES string of the molecule is CCCCCCCCCCCCCCc1cccc2cc(S(=O)(=O)O)cc(OC)c12. The Kier molecular flexibility index (Phi) is 10.7. The lowest BCUT2D eigenvalue weighted by Gasteiger charge is -2.12. The summed E-state index contributed by atoms with van der Waals surface area (Å²) in [5.41, 5.74) is 1.17. The first kappa shape index (κ1) is 24.7. The van der Waals surface area contributed by atoms with E-state index < -0.39 is 10.1 Å². The zero-order valence-corrected chi connectivity index (χ0v) is 19.5. The molecule has 2 aromatic rings. The van der Waals surface area contributed by atoms with Crippen LogP contribution in [0.1, 0.15) is 89.5 Å². The molecule has 0 spiro atoms. The van der Waals surface area contributed by atoms with Gasteiger partial charge in [-0.15, -0.1) is 0 Å². The van der Waals surface area contributed by atoms with Crippen molar-refractivity contribution in [2.24, 2.45) is 0 Å². The zero-order chi connectivity index (χ0) is 21.8. The standard InChI is InChI=1S/C25H38O4S/c1-3-4-5-6-7-8-9-10-11-12-13-14-16-21-17-15-18-22-19-23(30(26,27)28)20-24(29-2)25(21)22/h15,17-20H,3-14,16H2,1-2H3,(H,26,27,28). The summed E-state index contributed by atoms with van der Waals surface area (Å²) in [5, 5.41) is 1.72. The molecule has 0 amide bonds. The molecule has 0 saturated heterocycles. The van der Waals surface area contributed by atoms with E-state index in [1.54, 1.807) is 0 Å². The normalized spacial score (nSPS) is 11.8. The van der Waals surface area contributed by atoms with Crippen LogP contribution in [0.2, 0.25) is 0 Å². The average Bonchev–Trinajstić information content (AvgIpc) is 2.73. The number of fused-ring (bicyclic) bond motifs is 1. The van der Waals surface area contributed by atoms with Crippen LogP contribution in [0, 0.1) is 0 Å². The number of unbranched alkanes of at least 4 members (excludes halogenated alkanes) is 11. The van der Waals surface area contributed by atoms with E-state index in [-0.39, 0.29) is 4.90 Å². The molecule has 0 atom stereocenters. The van der Waals surface area contributed by atoms with Crippen LogP contribution in [0.15, 0.2) is 35.2 Å². The van der Waals surface area contributed by atoms with Gasteiger partial charge in [0.05, 0.1) is 12.0 Å². The van der Waals surface area contributed by atoms with Gasteiger partial charge >= 0.3 is 0 Å². The summed E-state index contributed by atoms with van der Waals surface area (Å²) in [4.78, 5) is -0.130. The number of aryl methyl sites for hydroxylation is 1. The minimum atomic E-state index is -4.26. The fourth-order valence-corrected chi connectivity index (χ4v) is 4.64. The summed E-state index contributed by atoms with van der Waals surface area (Å²) in [7, 11) is -2.73. The highest BCUT2D eigenvalue weighted by molar-refractivity contribution is 7.85. The quantitative estimate of drug-likeness (QED) is 0.235. The van der Waals surface area contributed by atoms with Gasteiger partial charge < -0.3 is 4.74 Å². The van der Waals surface area contributed by atoms with Gasteiger partial charge in [-0.3, -0.25) is 4.55 Å². The second-order valence-electron chi connectivity index (χ2n) is 8.25. The molecule has 0 fully saturated rings. The van der Waals surface area contributed by atoms with Gasteiger partial charge in [0.25, 0.3) is 10.1 Å². The first-order valence-electron chi connectivity index (χ1n) is 11.5. The lowest BCUT2D eigenvalue weighted by molar-refractivity contribution is 0.417. The minimum Gasteiger partial charge on any atom is -0.496 e. The Morgan fingerprint density at radius 1 is 0.833 bits per heavy atom. The Morgan fingerprint density at radius 3 is 1.93 bits per heavy atom. The molecular formula is C25H38O4S. The van der Waals surface area contributed by atoms with Gasteiger partial charge in [-0.2, -0.15) is 8.42 Å². The van der Waals surface area contributed by atoms with Gasteiger partial charge in [-0.05, 0) is 29.9 Å². The highest BCUT2D eigenvalue weighted by atomic mass is 32.2. The second kappa shape index (κ2) is 13.0. The van der Waals surface area contributed by atoms with Crippen molar-refractivity contribution in [3.63, 3.8) is 0 Å². The van der Waals surface area contributed by atoms with Crippen molar-refractivity contribution in [2.45, 2.75) is 95.3 Å². The highest BCUT2D eigenvalue weighted by Gasteiger charge is 2.15. The molecule has 0 unspecified atom stereocenters. The highest BCUT2D eigenvalue weighted by Crippen LogP contribution is 2.33. The molecule has 1 N–H and O–H groups in total. The van der Waals surface area contributed by atoms with Crippen LogP contribution in [-0.4, -0.2) is 20.1 Å². The van der Waals surface area contributed by atoms with Gasteiger partial charge in [-0.1, -0.05) is 95.8 Å². The van der Waals surface area contributed by atoms with E-state index in [0.29, 0.717) is 5.75 Å². The molecule has 168 valence electrons. The molecule has 2 aromatic carbocycles. The van der Waals surface area contributed by atoms with Crippen molar-refractivity contribution in [1.29, 1.82) is 0 Å². The smallest absolute Gasteiger partial charge is 0.294 e. The van der Waals surface area contributed by atoms with Crippen LogP contribution in [0.5, 0.6) is 5.75 Å².